The molecule has 2 rings (SSSR count). The minimum absolute atomic E-state index is 0.0135. The van der Waals surface area contributed by atoms with E-state index in [2.05, 4.69) is 10.3 Å². The molecule has 0 saturated carbocycles. The highest BCUT2D eigenvalue weighted by Crippen LogP contribution is 2.31. The Morgan fingerprint density at radius 3 is 2.60 bits per heavy atom. The quantitative estimate of drug-likeness (QED) is 0.730. The minimum atomic E-state index is -0.892. The Morgan fingerprint density at radius 2 is 1.88 bits per heavy atom. The Kier molecular flexibility index (Phi) is 6.87. The van der Waals surface area contributed by atoms with E-state index in [4.69, 9.17) is 44.3 Å². The molecule has 6 nitrogen and oxygen atoms in total. The summed E-state index contributed by atoms with van der Waals surface area (Å²) in [6.07, 6.45) is 1.17. The Hall–Kier alpha value is -2.02. The Balaban J connectivity index is 1.99. The van der Waals surface area contributed by atoms with Crippen molar-refractivity contribution in [3.8, 4) is 5.75 Å². The van der Waals surface area contributed by atoms with Gasteiger partial charge in [0, 0.05) is 6.20 Å². The number of aromatic nitrogens is 1. The van der Waals surface area contributed by atoms with Crippen molar-refractivity contribution in [3.05, 3.63) is 51.2 Å². The zero-order valence-electron chi connectivity index (χ0n) is 13.0. The van der Waals surface area contributed by atoms with Crippen molar-refractivity contribution in [3.63, 3.8) is 0 Å². The molecule has 1 amide bonds. The van der Waals surface area contributed by atoms with Gasteiger partial charge in [0.1, 0.15) is 5.75 Å². The van der Waals surface area contributed by atoms with Crippen LogP contribution in [0.4, 0.5) is 5.69 Å². The summed E-state index contributed by atoms with van der Waals surface area (Å²) < 4.78 is 10.3. The number of anilines is 1. The van der Waals surface area contributed by atoms with Crippen LogP contribution in [0.3, 0.4) is 0 Å². The predicted molar refractivity (Wildman–Crippen MR) is 95.8 cm³/mol. The first-order chi connectivity index (χ1) is 11.9. The summed E-state index contributed by atoms with van der Waals surface area (Å²) in [5.74, 6) is -0.924. The number of para-hydroxylation sites is 2. The molecule has 0 atom stereocenters. The van der Waals surface area contributed by atoms with Crippen LogP contribution < -0.4 is 10.1 Å². The Labute approximate surface area is 159 Å². The Morgan fingerprint density at radius 1 is 1.16 bits per heavy atom. The maximum absolute atomic E-state index is 12.0. The number of esters is 1. The standard InChI is InChI=1S/C16H13Cl3N2O4/c1-2-24-11-6-4-3-5-10(11)21-12(22)8-25-16(23)15-14(19)13(18)9(17)7-20-15/h3-7H,2,8H2,1H3,(H,21,22). The molecule has 1 aromatic heterocycles. The van der Waals surface area contributed by atoms with E-state index in [0.717, 1.165) is 0 Å². The number of benzene rings is 1. The molecule has 2 aromatic rings. The van der Waals surface area contributed by atoms with Crippen molar-refractivity contribution >= 4 is 52.4 Å². The van der Waals surface area contributed by atoms with Gasteiger partial charge in [-0.2, -0.15) is 0 Å². The maximum Gasteiger partial charge on any atom is 0.359 e. The average molecular weight is 404 g/mol. The number of hydrogen-bond donors (Lipinski definition) is 1. The number of nitrogens with one attached hydrogen (secondary N) is 1. The van der Waals surface area contributed by atoms with Crippen LogP contribution in [-0.2, 0) is 9.53 Å². The molecule has 0 aliphatic heterocycles. The molecule has 9 heteroatoms. The van der Waals surface area contributed by atoms with Gasteiger partial charge in [-0.3, -0.25) is 4.79 Å². The van der Waals surface area contributed by atoms with Gasteiger partial charge in [0.15, 0.2) is 12.3 Å². The number of amides is 1. The molecule has 0 aliphatic rings. The lowest BCUT2D eigenvalue weighted by Gasteiger charge is -2.11. The second-order valence-corrected chi connectivity index (χ2v) is 5.80. The molecule has 0 aliphatic carbocycles. The second kappa shape index (κ2) is 8.89. The summed E-state index contributed by atoms with van der Waals surface area (Å²) in [5.41, 5.74) is 0.245. The highest BCUT2D eigenvalue weighted by molar-refractivity contribution is 6.48. The summed E-state index contributed by atoms with van der Waals surface area (Å²) in [6.45, 7) is 1.75. The number of rotatable bonds is 6. The van der Waals surface area contributed by atoms with Crippen LogP contribution in [0.2, 0.25) is 15.1 Å². The first-order valence-electron chi connectivity index (χ1n) is 7.12. The van der Waals surface area contributed by atoms with Crippen LogP contribution in [-0.4, -0.2) is 30.1 Å². The highest BCUT2D eigenvalue weighted by atomic mass is 35.5. The first-order valence-corrected chi connectivity index (χ1v) is 8.25. The van der Waals surface area contributed by atoms with Gasteiger partial charge in [-0.1, -0.05) is 46.9 Å². The number of hydrogen-bond acceptors (Lipinski definition) is 5. The summed E-state index contributed by atoms with van der Waals surface area (Å²) in [5, 5.41) is 2.55. The van der Waals surface area contributed by atoms with Crippen molar-refractivity contribution in [1.29, 1.82) is 0 Å². The fraction of sp³-hybridized carbons (Fsp3) is 0.188. The summed E-state index contributed by atoms with van der Waals surface area (Å²) in [7, 11) is 0. The second-order valence-electron chi connectivity index (χ2n) is 4.64. The number of ether oxygens (including phenoxy) is 2. The Bertz CT molecular complexity index is 799. The van der Waals surface area contributed by atoms with Crippen LogP contribution in [0.1, 0.15) is 17.4 Å². The van der Waals surface area contributed by atoms with Crippen molar-refractivity contribution in [2.24, 2.45) is 0 Å². The zero-order valence-corrected chi connectivity index (χ0v) is 15.3. The lowest BCUT2D eigenvalue weighted by Crippen LogP contribution is -2.22. The van der Waals surface area contributed by atoms with E-state index >= 15 is 0 Å². The van der Waals surface area contributed by atoms with Crippen molar-refractivity contribution in [2.45, 2.75) is 6.92 Å². The van der Waals surface area contributed by atoms with Crippen molar-refractivity contribution < 1.29 is 19.1 Å². The molecule has 0 unspecified atom stereocenters. The van der Waals surface area contributed by atoms with Gasteiger partial charge in [-0.15, -0.1) is 0 Å². The van der Waals surface area contributed by atoms with Crippen LogP contribution in [0.5, 0.6) is 5.75 Å². The summed E-state index contributed by atoms with van der Waals surface area (Å²) in [6, 6.07) is 6.90. The third kappa shape index (κ3) is 4.98. The molecule has 1 heterocycles. The molecule has 1 N–H and O–H groups in total. The van der Waals surface area contributed by atoms with E-state index in [1.54, 1.807) is 24.3 Å². The minimum Gasteiger partial charge on any atom is -0.492 e. The van der Waals surface area contributed by atoms with E-state index in [-0.39, 0.29) is 20.8 Å². The van der Waals surface area contributed by atoms with Gasteiger partial charge < -0.3 is 14.8 Å². The molecule has 1 aromatic carbocycles. The number of carbonyl (C=O) groups excluding carboxylic acids is 2. The average Bonchev–Trinajstić information content (AvgIpc) is 2.60. The fourth-order valence-corrected chi connectivity index (χ4v) is 2.38. The van der Waals surface area contributed by atoms with Gasteiger partial charge in [0.25, 0.3) is 5.91 Å². The van der Waals surface area contributed by atoms with Crippen LogP contribution in [0.15, 0.2) is 30.5 Å². The molecule has 0 bridgehead atoms. The van der Waals surface area contributed by atoms with Gasteiger partial charge in [-0.05, 0) is 19.1 Å². The van der Waals surface area contributed by atoms with E-state index in [0.29, 0.717) is 18.0 Å². The first kappa shape index (κ1) is 19.3. The van der Waals surface area contributed by atoms with Crippen molar-refractivity contribution in [1.82, 2.24) is 4.98 Å². The smallest absolute Gasteiger partial charge is 0.359 e. The molecular weight excluding hydrogens is 391 g/mol. The van der Waals surface area contributed by atoms with E-state index in [1.807, 2.05) is 6.92 Å². The molecular formula is C16H13Cl3N2O4. The molecule has 25 heavy (non-hydrogen) atoms. The molecule has 0 radical (unpaired) electrons. The monoisotopic (exact) mass is 402 g/mol. The van der Waals surface area contributed by atoms with Gasteiger partial charge in [0.2, 0.25) is 0 Å². The highest BCUT2D eigenvalue weighted by Gasteiger charge is 2.19. The predicted octanol–water partition coefficient (Wildman–Crippen LogP) is 4.24. The number of nitrogens with zero attached hydrogens (tertiary/aromatic N) is 1. The normalized spacial score (nSPS) is 10.2. The zero-order chi connectivity index (χ0) is 18.4. The lowest BCUT2D eigenvalue weighted by molar-refractivity contribution is -0.119. The molecule has 0 fully saturated rings. The third-order valence-corrected chi connectivity index (χ3v) is 4.15. The molecule has 0 spiro atoms. The van der Waals surface area contributed by atoms with Gasteiger partial charge in [0.05, 0.1) is 27.4 Å². The molecule has 0 saturated heterocycles. The topological polar surface area (TPSA) is 77.5 Å². The van der Waals surface area contributed by atoms with Gasteiger partial charge >= 0.3 is 5.97 Å². The lowest BCUT2D eigenvalue weighted by atomic mass is 10.3. The van der Waals surface area contributed by atoms with Gasteiger partial charge in [-0.25, -0.2) is 9.78 Å². The van der Waals surface area contributed by atoms with Crippen LogP contribution in [0.25, 0.3) is 0 Å². The number of pyridine rings is 1. The van der Waals surface area contributed by atoms with Crippen molar-refractivity contribution in [2.75, 3.05) is 18.5 Å². The molecule has 132 valence electrons. The van der Waals surface area contributed by atoms with E-state index < -0.39 is 18.5 Å². The SMILES string of the molecule is CCOc1ccccc1NC(=O)COC(=O)c1ncc(Cl)c(Cl)c1Cl. The summed E-state index contributed by atoms with van der Waals surface area (Å²) >= 11 is 17.5. The summed E-state index contributed by atoms with van der Waals surface area (Å²) in [4.78, 5) is 27.7. The van der Waals surface area contributed by atoms with Crippen LogP contribution >= 0.6 is 34.8 Å². The van der Waals surface area contributed by atoms with Crippen LogP contribution in [0, 0.1) is 0 Å². The number of carbonyl (C=O) groups is 2. The van der Waals surface area contributed by atoms with E-state index in [9.17, 15) is 9.59 Å². The largest absolute Gasteiger partial charge is 0.492 e. The van der Waals surface area contributed by atoms with E-state index in [1.165, 1.54) is 6.20 Å². The third-order valence-electron chi connectivity index (χ3n) is 2.91. The maximum atomic E-state index is 12.0. The fourth-order valence-electron chi connectivity index (χ4n) is 1.82. The number of halogens is 3.